The van der Waals surface area contributed by atoms with E-state index < -0.39 is 0 Å². The van der Waals surface area contributed by atoms with Crippen LogP contribution in [0.1, 0.15) is 12.5 Å². The molecule has 2 aromatic carbocycles. The van der Waals surface area contributed by atoms with Crippen LogP contribution in [0, 0.1) is 3.57 Å². The lowest BCUT2D eigenvalue weighted by Gasteiger charge is -2.14. The lowest BCUT2D eigenvalue weighted by atomic mass is 10.2. The van der Waals surface area contributed by atoms with Crippen molar-refractivity contribution in [2.24, 2.45) is 5.10 Å². The van der Waals surface area contributed by atoms with Crippen molar-refractivity contribution in [3.63, 3.8) is 0 Å². The van der Waals surface area contributed by atoms with E-state index in [4.69, 9.17) is 31.2 Å². The number of hydrazone groups is 1. The molecule has 0 atom stereocenters. The molecule has 0 saturated heterocycles. The van der Waals surface area contributed by atoms with E-state index in [0.717, 1.165) is 15.7 Å². The molecular weight excluding hydrogens is 505 g/mol. The molecule has 0 saturated carbocycles. The molecule has 7 nitrogen and oxygen atoms in total. The zero-order valence-electron chi connectivity index (χ0n) is 16.5. The summed E-state index contributed by atoms with van der Waals surface area (Å²) in [6.45, 7) is 3.43. The largest absolute Gasteiger partial charge is 0.493 e. The number of nitrogens with zero attached hydrogens (tertiary/aromatic N) is 1. The zero-order chi connectivity index (χ0) is 21.1. The normalized spacial score (nSPS) is 10.5. The van der Waals surface area contributed by atoms with Crippen molar-refractivity contribution in [1.29, 1.82) is 0 Å². The number of hydrogen-bond donors (Lipinski definition) is 2. The van der Waals surface area contributed by atoms with Crippen LogP contribution in [0.4, 0.5) is 0 Å². The summed E-state index contributed by atoms with van der Waals surface area (Å²) in [5, 5.41) is 7.56. The van der Waals surface area contributed by atoms with Crippen LogP contribution in [0.15, 0.2) is 41.5 Å². The number of para-hydroxylation sites is 2. The van der Waals surface area contributed by atoms with Gasteiger partial charge < -0.3 is 24.3 Å². The van der Waals surface area contributed by atoms with Gasteiger partial charge in [-0.1, -0.05) is 12.1 Å². The summed E-state index contributed by atoms with van der Waals surface area (Å²) in [4.78, 5) is 0. The van der Waals surface area contributed by atoms with E-state index >= 15 is 0 Å². The molecule has 0 aliphatic heterocycles. The maximum atomic E-state index is 5.89. The Hall–Kier alpha value is -2.27. The van der Waals surface area contributed by atoms with Crippen molar-refractivity contribution in [2.75, 3.05) is 34.0 Å². The third kappa shape index (κ3) is 7.24. The maximum Gasteiger partial charge on any atom is 0.186 e. The fraction of sp³-hybridized carbons (Fsp3) is 0.300. The van der Waals surface area contributed by atoms with Crippen LogP contribution in [0.2, 0.25) is 0 Å². The molecule has 156 valence electrons. The number of thiocarbonyl (C=S) groups is 1. The van der Waals surface area contributed by atoms with Crippen LogP contribution < -0.4 is 29.7 Å². The molecule has 0 radical (unpaired) electrons. The third-order valence-electron chi connectivity index (χ3n) is 3.63. The number of methoxy groups -OCH3 is 2. The van der Waals surface area contributed by atoms with Crippen molar-refractivity contribution in [2.45, 2.75) is 6.92 Å². The van der Waals surface area contributed by atoms with Gasteiger partial charge in [-0.15, -0.1) is 0 Å². The van der Waals surface area contributed by atoms with Crippen molar-refractivity contribution in [3.05, 3.63) is 45.5 Å². The minimum absolute atomic E-state index is 0.357. The first-order chi connectivity index (χ1) is 14.1. The zero-order valence-corrected chi connectivity index (χ0v) is 19.5. The lowest BCUT2D eigenvalue weighted by molar-refractivity contribution is 0.205. The molecule has 0 aliphatic carbocycles. The predicted octanol–water partition coefficient (Wildman–Crippen LogP) is 3.58. The minimum atomic E-state index is 0.357. The highest BCUT2D eigenvalue weighted by Gasteiger charge is 2.11. The first-order valence-electron chi connectivity index (χ1n) is 8.92. The van der Waals surface area contributed by atoms with Crippen LogP contribution >= 0.6 is 34.8 Å². The Morgan fingerprint density at radius 3 is 2.45 bits per heavy atom. The van der Waals surface area contributed by atoms with Crippen LogP contribution in [0.3, 0.4) is 0 Å². The van der Waals surface area contributed by atoms with E-state index in [-0.39, 0.29) is 0 Å². The van der Waals surface area contributed by atoms with Crippen molar-refractivity contribution in [1.82, 2.24) is 10.7 Å². The van der Waals surface area contributed by atoms with Gasteiger partial charge in [0.25, 0.3) is 0 Å². The van der Waals surface area contributed by atoms with Gasteiger partial charge in [0.15, 0.2) is 28.1 Å². The number of nitrogens with one attached hydrogen (secondary N) is 2. The second-order valence-corrected chi connectivity index (χ2v) is 7.18. The topological polar surface area (TPSA) is 73.3 Å². The maximum absolute atomic E-state index is 5.89. The van der Waals surface area contributed by atoms with Crippen LogP contribution in [0.25, 0.3) is 0 Å². The molecule has 0 aliphatic rings. The summed E-state index contributed by atoms with van der Waals surface area (Å²) >= 11 is 7.27. The molecular formula is C20H24IN3O4S. The highest BCUT2D eigenvalue weighted by molar-refractivity contribution is 14.1. The SMILES string of the molecule is CCNC(=S)N/N=C\c1cc(I)c(OCCOc2ccccc2OC)c(OC)c1. The quantitative estimate of drug-likeness (QED) is 0.160. The molecule has 2 aromatic rings. The molecule has 0 unspecified atom stereocenters. The summed E-state index contributed by atoms with van der Waals surface area (Å²) in [6.07, 6.45) is 1.67. The standard InChI is InChI=1S/C20H24IN3O4S/c1-4-22-20(29)24-23-13-14-11-15(21)19(18(12-14)26-3)28-10-9-27-17-8-6-5-7-16(17)25-2/h5-8,11-13H,4,9-10H2,1-3H3,(H2,22,24,29)/b23-13-. The van der Waals surface area contributed by atoms with E-state index in [0.29, 0.717) is 41.3 Å². The van der Waals surface area contributed by atoms with E-state index in [2.05, 4.69) is 38.4 Å². The molecule has 2 N–H and O–H groups in total. The molecule has 9 heteroatoms. The Bertz CT molecular complexity index is 848. The number of benzene rings is 2. The summed E-state index contributed by atoms with van der Waals surface area (Å²) in [7, 11) is 3.21. The Balaban J connectivity index is 1.96. The number of ether oxygens (including phenoxy) is 4. The average molecular weight is 529 g/mol. The number of rotatable bonds is 10. The average Bonchev–Trinajstić information content (AvgIpc) is 2.72. The molecule has 29 heavy (non-hydrogen) atoms. The van der Waals surface area contributed by atoms with Gasteiger partial charge >= 0.3 is 0 Å². The van der Waals surface area contributed by atoms with E-state index in [1.54, 1.807) is 20.4 Å². The smallest absolute Gasteiger partial charge is 0.186 e. The fourth-order valence-electron chi connectivity index (χ4n) is 2.35. The van der Waals surface area contributed by atoms with Gasteiger partial charge in [0.05, 0.1) is 24.0 Å². The van der Waals surface area contributed by atoms with Crippen molar-refractivity contribution in [3.8, 4) is 23.0 Å². The highest BCUT2D eigenvalue weighted by Crippen LogP contribution is 2.33. The lowest BCUT2D eigenvalue weighted by Crippen LogP contribution is -2.31. The van der Waals surface area contributed by atoms with Gasteiger partial charge in [0.1, 0.15) is 13.2 Å². The fourth-order valence-corrected chi connectivity index (χ4v) is 3.33. The van der Waals surface area contributed by atoms with Gasteiger partial charge in [0, 0.05) is 6.54 Å². The molecule has 0 spiro atoms. The molecule has 2 rings (SSSR count). The monoisotopic (exact) mass is 529 g/mol. The van der Waals surface area contributed by atoms with Gasteiger partial charge in [-0.3, -0.25) is 5.43 Å². The van der Waals surface area contributed by atoms with Gasteiger partial charge in [0.2, 0.25) is 0 Å². The second kappa shape index (κ2) is 12.3. The number of hydrogen-bond acceptors (Lipinski definition) is 6. The Labute approximate surface area is 189 Å². The van der Waals surface area contributed by atoms with Crippen LogP contribution in [-0.2, 0) is 0 Å². The van der Waals surface area contributed by atoms with Gasteiger partial charge in [-0.25, -0.2) is 0 Å². The Kier molecular flexibility index (Phi) is 9.78. The van der Waals surface area contributed by atoms with Gasteiger partial charge in [-0.2, -0.15) is 5.10 Å². The van der Waals surface area contributed by atoms with Crippen LogP contribution in [-0.4, -0.2) is 45.3 Å². The van der Waals surface area contributed by atoms with E-state index in [9.17, 15) is 0 Å². The van der Waals surface area contributed by atoms with Crippen molar-refractivity contribution >= 4 is 46.1 Å². The number of halogens is 1. The Morgan fingerprint density at radius 1 is 1.07 bits per heavy atom. The first kappa shape index (κ1) is 23.0. The predicted molar refractivity (Wildman–Crippen MR) is 127 cm³/mol. The van der Waals surface area contributed by atoms with E-state index in [1.807, 2.05) is 43.3 Å². The Morgan fingerprint density at radius 2 is 1.76 bits per heavy atom. The summed E-state index contributed by atoms with van der Waals surface area (Å²) in [6, 6.07) is 11.3. The molecule has 0 bridgehead atoms. The summed E-state index contributed by atoms with van der Waals surface area (Å²) in [5.41, 5.74) is 3.62. The molecule has 0 amide bonds. The first-order valence-corrected chi connectivity index (χ1v) is 10.4. The summed E-state index contributed by atoms with van der Waals surface area (Å²) in [5.74, 6) is 2.63. The van der Waals surface area contributed by atoms with Crippen molar-refractivity contribution < 1.29 is 18.9 Å². The minimum Gasteiger partial charge on any atom is -0.493 e. The third-order valence-corrected chi connectivity index (χ3v) is 4.66. The van der Waals surface area contributed by atoms with Gasteiger partial charge in [-0.05, 0) is 71.6 Å². The van der Waals surface area contributed by atoms with Crippen LogP contribution in [0.5, 0.6) is 23.0 Å². The van der Waals surface area contributed by atoms with E-state index in [1.165, 1.54) is 0 Å². The molecule has 0 aromatic heterocycles. The highest BCUT2D eigenvalue weighted by atomic mass is 127. The molecule has 0 heterocycles. The molecule has 0 fully saturated rings. The second-order valence-electron chi connectivity index (χ2n) is 5.61. The summed E-state index contributed by atoms with van der Waals surface area (Å²) < 4.78 is 23.3.